The van der Waals surface area contributed by atoms with E-state index in [2.05, 4.69) is 10.2 Å². The Hall–Kier alpha value is -2.77. The van der Waals surface area contributed by atoms with E-state index in [4.69, 9.17) is 4.74 Å². The first-order chi connectivity index (χ1) is 15.1. The molecule has 1 atom stereocenters. The highest BCUT2D eigenvalue weighted by Gasteiger charge is 2.24. The molecule has 0 aromatic heterocycles. The summed E-state index contributed by atoms with van der Waals surface area (Å²) in [6.07, 6.45) is 2.52. The molecular formula is C24H28FN3O3. The Kier molecular flexibility index (Phi) is 6.94. The summed E-state index contributed by atoms with van der Waals surface area (Å²) in [5.41, 5.74) is 2.34. The SMILES string of the molecule is O=C(NCC(c1ccc(F)cc1)N1CCOCC1)c1ccc(N2CCCCC2=O)cc1. The van der Waals surface area contributed by atoms with Crippen LogP contribution in [-0.2, 0) is 9.53 Å². The molecule has 2 saturated heterocycles. The van der Waals surface area contributed by atoms with Gasteiger partial charge < -0.3 is 15.0 Å². The van der Waals surface area contributed by atoms with Crippen molar-refractivity contribution < 1.29 is 18.7 Å². The zero-order chi connectivity index (χ0) is 21.6. The molecule has 0 bridgehead atoms. The van der Waals surface area contributed by atoms with Gasteiger partial charge in [-0.3, -0.25) is 14.5 Å². The molecule has 2 amide bonds. The van der Waals surface area contributed by atoms with Crippen molar-refractivity contribution in [1.29, 1.82) is 0 Å². The highest BCUT2D eigenvalue weighted by molar-refractivity contribution is 5.97. The average Bonchev–Trinajstić information content (AvgIpc) is 2.81. The van der Waals surface area contributed by atoms with Gasteiger partial charge in [0.1, 0.15) is 5.82 Å². The molecule has 2 aliphatic heterocycles. The molecule has 164 valence electrons. The molecule has 1 N–H and O–H groups in total. The predicted octanol–water partition coefficient (Wildman–Crippen LogP) is 3.15. The highest BCUT2D eigenvalue weighted by atomic mass is 19.1. The molecule has 2 fully saturated rings. The number of anilines is 1. The first kappa shape index (κ1) is 21.5. The van der Waals surface area contributed by atoms with Crippen LogP contribution in [0.1, 0.15) is 41.2 Å². The minimum Gasteiger partial charge on any atom is -0.379 e. The summed E-state index contributed by atoms with van der Waals surface area (Å²) in [5, 5.41) is 3.02. The number of piperidine rings is 1. The van der Waals surface area contributed by atoms with Crippen LogP contribution >= 0.6 is 0 Å². The number of carbonyl (C=O) groups excluding carboxylic acids is 2. The molecule has 0 spiro atoms. The van der Waals surface area contributed by atoms with Gasteiger partial charge in [-0.2, -0.15) is 0 Å². The lowest BCUT2D eigenvalue weighted by atomic mass is 10.0. The third kappa shape index (κ3) is 5.29. The van der Waals surface area contributed by atoms with E-state index in [1.54, 1.807) is 29.2 Å². The summed E-state index contributed by atoms with van der Waals surface area (Å²) in [5.74, 6) is -0.311. The van der Waals surface area contributed by atoms with Gasteiger partial charge in [0.2, 0.25) is 5.91 Å². The van der Waals surface area contributed by atoms with E-state index in [-0.39, 0.29) is 23.7 Å². The Balaban J connectivity index is 1.42. The molecule has 31 heavy (non-hydrogen) atoms. The minimum atomic E-state index is -0.277. The van der Waals surface area contributed by atoms with Gasteiger partial charge in [0.05, 0.1) is 19.3 Å². The Bertz CT molecular complexity index is 895. The Morgan fingerprint density at radius 1 is 1.00 bits per heavy atom. The van der Waals surface area contributed by atoms with Crippen molar-refractivity contribution in [1.82, 2.24) is 10.2 Å². The fourth-order valence-corrected chi connectivity index (χ4v) is 4.19. The summed E-state index contributed by atoms with van der Waals surface area (Å²) < 4.78 is 18.8. The van der Waals surface area contributed by atoms with Gasteiger partial charge in [-0.1, -0.05) is 12.1 Å². The van der Waals surface area contributed by atoms with Crippen LogP contribution in [0.15, 0.2) is 48.5 Å². The summed E-state index contributed by atoms with van der Waals surface area (Å²) >= 11 is 0. The van der Waals surface area contributed by atoms with E-state index in [1.807, 2.05) is 12.1 Å². The smallest absolute Gasteiger partial charge is 0.251 e. The lowest BCUT2D eigenvalue weighted by Gasteiger charge is -2.35. The number of halogens is 1. The fraction of sp³-hybridized carbons (Fsp3) is 0.417. The maximum absolute atomic E-state index is 13.4. The number of hydrogen-bond donors (Lipinski definition) is 1. The van der Waals surface area contributed by atoms with Crippen LogP contribution in [0, 0.1) is 5.82 Å². The van der Waals surface area contributed by atoms with Crippen LogP contribution < -0.4 is 10.2 Å². The van der Waals surface area contributed by atoms with E-state index in [9.17, 15) is 14.0 Å². The molecule has 0 saturated carbocycles. The molecule has 2 aliphatic rings. The minimum absolute atomic E-state index is 0.0568. The molecule has 2 aromatic carbocycles. The fourth-order valence-electron chi connectivity index (χ4n) is 4.19. The normalized spacial score (nSPS) is 18.6. The maximum Gasteiger partial charge on any atom is 0.251 e. The molecule has 1 unspecified atom stereocenters. The quantitative estimate of drug-likeness (QED) is 0.773. The standard InChI is InChI=1S/C24H28FN3O3/c25-20-8-4-18(5-9-20)22(27-13-15-31-16-14-27)17-26-24(30)19-6-10-21(11-7-19)28-12-2-1-3-23(28)29/h4-11,22H,1-3,12-17H2,(H,26,30). The van der Waals surface area contributed by atoms with Gasteiger partial charge in [-0.15, -0.1) is 0 Å². The molecule has 4 rings (SSSR count). The van der Waals surface area contributed by atoms with Gasteiger partial charge in [-0.05, 0) is 54.8 Å². The molecule has 0 radical (unpaired) electrons. The van der Waals surface area contributed by atoms with Gasteiger partial charge in [0.15, 0.2) is 0 Å². The number of benzene rings is 2. The largest absolute Gasteiger partial charge is 0.379 e. The second-order valence-electron chi connectivity index (χ2n) is 7.98. The summed E-state index contributed by atoms with van der Waals surface area (Å²) in [7, 11) is 0. The van der Waals surface area contributed by atoms with Crippen molar-refractivity contribution >= 4 is 17.5 Å². The number of nitrogens with one attached hydrogen (secondary N) is 1. The maximum atomic E-state index is 13.4. The van der Waals surface area contributed by atoms with E-state index in [0.29, 0.717) is 31.7 Å². The van der Waals surface area contributed by atoms with Gasteiger partial charge in [0.25, 0.3) is 5.91 Å². The molecule has 0 aliphatic carbocycles. The molecule has 6 nitrogen and oxygen atoms in total. The summed E-state index contributed by atoms with van der Waals surface area (Å²) in [6.45, 7) is 3.94. The lowest BCUT2D eigenvalue weighted by Crippen LogP contribution is -2.43. The van der Waals surface area contributed by atoms with E-state index < -0.39 is 0 Å². The molecule has 7 heteroatoms. The monoisotopic (exact) mass is 425 g/mol. The van der Waals surface area contributed by atoms with Gasteiger partial charge in [0, 0.05) is 43.9 Å². The third-order valence-corrected chi connectivity index (χ3v) is 5.96. The van der Waals surface area contributed by atoms with Crippen LogP contribution in [0.2, 0.25) is 0 Å². The van der Waals surface area contributed by atoms with Crippen molar-refractivity contribution in [3.8, 4) is 0 Å². The van der Waals surface area contributed by atoms with Crippen LogP contribution in [0.3, 0.4) is 0 Å². The van der Waals surface area contributed by atoms with Crippen LogP contribution in [0.5, 0.6) is 0 Å². The predicted molar refractivity (Wildman–Crippen MR) is 117 cm³/mol. The van der Waals surface area contributed by atoms with Crippen molar-refractivity contribution in [2.45, 2.75) is 25.3 Å². The number of ether oxygens (including phenoxy) is 1. The van der Waals surface area contributed by atoms with Gasteiger partial charge in [-0.25, -0.2) is 4.39 Å². The number of nitrogens with zero attached hydrogens (tertiary/aromatic N) is 2. The van der Waals surface area contributed by atoms with Crippen molar-refractivity contribution in [3.05, 3.63) is 65.5 Å². The van der Waals surface area contributed by atoms with E-state index >= 15 is 0 Å². The average molecular weight is 426 g/mol. The number of rotatable bonds is 6. The van der Waals surface area contributed by atoms with Gasteiger partial charge >= 0.3 is 0 Å². The number of amides is 2. The Morgan fingerprint density at radius 2 is 1.71 bits per heavy atom. The van der Waals surface area contributed by atoms with E-state index in [0.717, 1.165) is 43.7 Å². The molecule has 2 heterocycles. The van der Waals surface area contributed by atoms with Crippen LogP contribution in [-0.4, -0.2) is 56.1 Å². The van der Waals surface area contributed by atoms with Crippen LogP contribution in [0.25, 0.3) is 0 Å². The molecular weight excluding hydrogens is 397 g/mol. The lowest BCUT2D eigenvalue weighted by molar-refractivity contribution is -0.119. The summed E-state index contributed by atoms with van der Waals surface area (Å²) in [6, 6.07) is 13.6. The van der Waals surface area contributed by atoms with Crippen LogP contribution in [0.4, 0.5) is 10.1 Å². The Morgan fingerprint density at radius 3 is 2.39 bits per heavy atom. The second-order valence-corrected chi connectivity index (χ2v) is 7.98. The zero-order valence-electron chi connectivity index (χ0n) is 17.6. The van der Waals surface area contributed by atoms with Crippen molar-refractivity contribution in [2.24, 2.45) is 0 Å². The topological polar surface area (TPSA) is 61.9 Å². The number of morpholine rings is 1. The van der Waals surface area contributed by atoms with Crippen molar-refractivity contribution in [2.75, 3.05) is 44.3 Å². The first-order valence-electron chi connectivity index (χ1n) is 10.9. The Labute approximate surface area is 182 Å². The van der Waals surface area contributed by atoms with Crippen molar-refractivity contribution in [3.63, 3.8) is 0 Å². The third-order valence-electron chi connectivity index (χ3n) is 5.96. The molecule has 2 aromatic rings. The zero-order valence-corrected chi connectivity index (χ0v) is 17.6. The number of hydrogen-bond acceptors (Lipinski definition) is 4. The summed E-state index contributed by atoms with van der Waals surface area (Å²) in [4.78, 5) is 28.9. The first-order valence-corrected chi connectivity index (χ1v) is 10.9. The second kappa shape index (κ2) is 10.0. The van der Waals surface area contributed by atoms with E-state index in [1.165, 1.54) is 12.1 Å². The highest BCUT2D eigenvalue weighted by Crippen LogP contribution is 2.23. The number of carbonyl (C=O) groups is 2.